The Bertz CT molecular complexity index is 727. The van der Waals surface area contributed by atoms with Gasteiger partial charge in [0.25, 0.3) is 5.91 Å². The molecule has 0 aliphatic rings. The molecule has 0 unspecified atom stereocenters. The van der Waals surface area contributed by atoms with Crippen molar-refractivity contribution in [2.75, 3.05) is 10.6 Å². The van der Waals surface area contributed by atoms with Crippen LogP contribution in [0.5, 0.6) is 0 Å². The summed E-state index contributed by atoms with van der Waals surface area (Å²) in [6, 6.07) is 11.3. The predicted molar refractivity (Wildman–Crippen MR) is 93.7 cm³/mol. The number of anilines is 2. The van der Waals surface area contributed by atoms with E-state index in [-0.39, 0.29) is 11.6 Å². The maximum absolute atomic E-state index is 13.9. The molecule has 0 aliphatic heterocycles. The number of aryl methyl sites for hydroxylation is 1. The Morgan fingerprint density at radius 2 is 1.75 bits per heavy atom. The number of nitrogens with one attached hydrogen (secondary N) is 2. The van der Waals surface area contributed by atoms with Crippen LogP contribution in [0.1, 0.15) is 42.6 Å². The molecule has 2 aromatic carbocycles. The molecule has 24 heavy (non-hydrogen) atoms. The van der Waals surface area contributed by atoms with E-state index in [1.165, 1.54) is 30.7 Å². The third-order valence-electron chi connectivity index (χ3n) is 3.57. The number of unbranched alkanes of at least 4 members (excludes halogenated alkanes) is 1. The summed E-state index contributed by atoms with van der Waals surface area (Å²) in [6.45, 7) is 3.49. The number of halogens is 1. The first kappa shape index (κ1) is 17.7. The summed E-state index contributed by atoms with van der Waals surface area (Å²) in [5.74, 6) is -1.21. The van der Waals surface area contributed by atoms with Crippen molar-refractivity contribution in [3.05, 3.63) is 59.4 Å². The molecule has 0 aromatic heterocycles. The maximum atomic E-state index is 13.9. The Balaban J connectivity index is 2.09. The van der Waals surface area contributed by atoms with Crippen LogP contribution >= 0.6 is 0 Å². The lowest BCUT2D eigenvalue weighted by atomic mass is 10.1. The van der Waals surface area contributed by atoms with Gasteiger partial charge in [0.15, 0.2) is 0 Å². The largest absolute Gasteiger partial charge is 0.326 e. The highest BCUT2D eigenvalue weighted by Gasteiger charge is 2.10. The fourth-order valence-electron chi connectivity index (χ4n) is 2.30. The quantitative estimate of drug-likeness (QED) is 0.827. The highest BCUT2D eigenvalue weighted by Crippen LogP contribution is 2.20. The Labute approximate surface area is 141 Å². The van der Waals surface area contributed by atoms with E-state index in [0.717, 1.165) is 19.3 Å². The highest BCUT2D eigenvalue weighted by atomic mass is 19.1. The van der Waals surface area contributed by atoms with Gasteiger partial charge in [-0.25, -0.2) is 4.39 Å². The van der Waals surface area contributed by atoms with Crippen LogP contribution in [0, 0.1) is 5.82 Å². The number of carbonyl (C=O) groups excluding carboxylic acids is 2. The van der Waals surface area contributed by atoms with Gasteiger partial charge in [-0.3, -0.25) is 9.59 Å². The number of carbonyl (C=O) groups is 2. The lowest BCUT2D eigenvalue weighted by Crippen LogP contribution is -2.14. The zero-order valence-electron chi connectivity index (χ0n) is 13.9. The second-order valence-corrected chi connectivity index (χ2v) is 5.63. The second kappa shape index (κ2) is 8.24. The van der Waals surface area contributed by atoms with E-state index < -0.39 is 11.7 Å². The topological polar surface area (TPSA) is 58.2 Å². The molecule has 0 heterocycles. The highest BCUT2D eigenvalue weighted by molar-refractivity contribution is 6.04. The van der Waals surface area contributed by atoms with Gasteiger partial charge in [0.05, 0.1) is 5.69 Å². The van der Waals surface area contributed by atoms with E-state index in [1.807, 2.05) is 12.1 Å². The van der Waals surface area contributed by atoms with Crippen LogP contribution in [0.2, 0.25) is 0 Å². The van der Waals surface area contributed by atoms with Gasteiger partial charge in [0.1, 0.15) is 5.82 Å². The SMILES string of the molecule is CCCCc1ccc(C(=O)Nc2cc(NC(C)=O)ccc2F)cc1. The lowest BCUT2D eigenvalue weighted by Gasteiger charge is -2.09. The number of benzene rings is 2. The summed E-state index contributed by atoms with van der Waals surface area (Å²) in [6.07, 6.45) is 3.20. The average molecular weight is 328 g/mol. The minimum Gasteiger partial charge on any atom is -0.326 e. The van der Waals surface area contributed by atoms with Crippen molar-refractivity contribution in [1.29, 1.82) is 0 Å². The minimum atomic E-state index is -0.558. The minimum absolute atomic E-state index is 0.0290. The van der Waals surface area contributed by atoms with E-state index in [1.54, 1.807) is 12.1 Å². The number of rotatable bonds is 6. The Kier molecular flexibility index (Phi) is 6.07. The number of hydrogen-bond donors (Lipinski definition) is 2. The molecule has 2 rings (SSSR count). The number of hydrogen-bond acceptors (Lipinski definition) is 2. The molecule has 0 saturated carbocycles. The molecule has 0 aliphatic carbocycles. The Hall–Kier alpha value is -2.69. The molecule has 0 saturated heterocycles. The molecule has 5 heteroatoms. The van der Waals surface area contributed by atoms with Gasteiger partial charge in [-0.2, -0.15) is 0 Å². The van der Waals surface area contributed by atoms with Gasteiger partial charge < -0.3 is 10.6 Å². The standard InChI is InChI=1S/C19H21FN2O2/c1-3-4-5-14-6-8-15(9-7-14)19(24)22-18-12-16(21-13(2)23)10-11-17(18)20/h6-12H,3-5H2,1-2H3,(H,21,23)(H,22,24). The van der Waals surface area contributed by atoms with Gasteiger partial charge in [-0.05, 0) is 48.7 Å². The molecule has 2 N–H and O–H groups in total. The molecular formula is C19H21FN2O2. The summed E-state index contributed by atoms with van der Waals surface area (Å²) in [5, 5.41) is 5.09. The van der Waals surface area contributed by atoms with Crippen molar-refractivity contribution in [2.45, 2.75) is 33.1 Å². The molecule has 4 nitrogen and oxygen atoms in total. The van der Waals surface area contributed by atoms with Gasteiger partial charge in [0, 0.05) is 18.2 Å². The first-order valence-electron chi connectivity index (χ1n) is 7.97. The lowest BCUT2D eigenvalue weighted by molar-refractivity contribution is -0.114. The van der Waals surface area contributed by atoms with Gasteiger partial charge in [-0.1, -0.05) is 25.5 Å². The third-order valence-corrected chi connectivity index (χ3v) is 3.57. The van der Waals surface area contributed by atoms with Crippen molar-refractivity contribution in [2.24, 2.45) is 0 Å². The molecule has 0 atom stereocenters. The van der Waals surface area contributed by atoms with E-state index in [0.29, 0.717) is 11.3 Å². The first-order valence-corrected chi connectivity index (χ1v) is 7.97. The third kappa shape index (κ3) is 4.91. The van der Waals surface area contributed by atoms with Crippen LogP contribution < -0.4 is 10.6 Å². The van der Waals surface area contributed by atoms with Crippen LogP contribution in [-0.2, 0) is 11.2 Å². The van der Waals surface area contributed by atoms with Crippen molar-refractivity contribution in [1.82, 2.24) is 0 Å². The van der Waals surface area contributed by atoms with Crippen molar-refractivity contribution < 1.29 is 14.0 Å². The van der Waals surface area contributed by atoms with Crippen LogP contribution in [0.4, 0.5) is 15.8 Å². The predicted octanol–water partition coefficient (Wildman–Crippen LogP) is 4.38. The average Bonchev–Trinajstić information content (AvgIpc) is 2.56. The monoisotopic (exact) mass is 328 g/mol. The second-order valence-electron chi connectivity index (χ2n) is 5.63. The zero-order valence-corrected chi connectivity index (χ0v) is 13.9. The van der Waals surface area contributed by atoms with Crippen LogP contribution in [0.15, 0.2) is 42.5 Å². The molecule has 0 spiro atoms. The first-order chi connectivity index (χ1) is 11.5. The summed E-state index contributed by atoms with van der Waals surface area (Å²) in [4.78, 5) is 23.3. The van der Waals surface area contributed by atoms with E-state index in [2.05, 4.69) is 17.6 Å². The summed E-state index contributed by atoms with van der Waals surface area (Å²) >= 11 is 0. The van der Waals surface area contributed by atoms with Crippen molar-refractivity contribution >= 4 is 23.2 Å². The summed E-state index contributed by atoms with van der Waals surface area (Å²) in [5.41, 5.74) is 2.09. The zero-order chi connectivity index (χ0) is 17.5. The Morgan fingerprint density at radius 1 is 1.04 bits per heavy atom. The van der Waals surface area contributed by atoms with Gasteiger partial charge in [-0.15, -0.1) is 0 Å². The fourth-order valence-corrected chi connectivity index (χ4v) is 2.30. The molecule has 2 aromatic rings. The van der Waals surface area contributed by atoms with Crippen LogP contribution in [-0.4, -0.2) is 11.8 Å². The maximum Gasteiger partial charge on any atom is 0.255 e. The number of amides is 2. The van der Waals surface area contributed by atoms with Gasteiger partial charge in [0.2, 0.25) is 5.91 Å². The Morgan fingerprint density at radius 3 is 2.38 bits per heavy atom. The van der Waals surface area contributed by atoms with E-state index >= 15 is 0 Å². The smallest absolute Gasteiger partial charge is 0.255 e. The molecule has 0 fully saturated rings. The molecule has 0 radical (unpaired) electrons. The normalized spacial score (nSPS) is 10.3. The molecular weight excluding hydrogens is 307 g/mol. The molecule has 126 valence electrons. The van der Waals surface area contributed by atoms with E-state index in [4.69, 9.17) is 0 Å². The van der Waals surface area contributed by atoms with Crippen molar-refractivity contribution in [3.8, 4) is 0 Å². The fraction of sp³-hybridized carbons (Fsp3) is 0.263. The molecule has 0 bridgehead atoms. The summed E-state index contributed by atoms with van der Waals surface area (Å²) in [7, 11) is 0. The van der Waals surface area contributed by atoms with Crippen molar-refractivity contribution in [3.63, 3.8) is 0 Å². The summed E-state index contributed by atoms with van der Waals surface area (Å²) < 4.78 is 13.9. The molecule has 2 amide bonds. The van der Waals surface area contributed by atoms with E-state index in [9.17, 15) is 14.0 Å². The van der Waals surface area contributed by atoms with Crippen LogP contribution in [0.3, 0.4) is 0 Å². The van der Waals surface area contributed by atoms with Gasteiger partial charge >= 0.3 is 0 Å². The van der Waals surface area contributed by atoms with Crippen LogP contribution in [0.25, 0.3) is 0 Å².